The number of hydrogen-bond donors (Lipinski definition) is 1. The van der Waals surface area contributed by atoms with Gasteiger partial charge < -0.3 is 14.6 Å². The maximum atomic E-state index is 14.2. The number of halogens is 4. The van der Waals surface area contributed by atoms with Crippen molar-refractivity contribution < 1.29 is 31.6 Å². The first-order valence-corrected chi connectivity index (χ1v) is 8.25. The van der Waals surface area contributed by atoms with E-state index in [1.807, 2.05) is 0 Å². The lowest BCUT2D eigenvalue weighted by atomic mass is 10.1. The van der Waals surface area contributed by atoms with Crippen LogP contribution in [0.25, 0.3) is 11.4 Å². The number of benzene rings is 1. The lowest BCUT2D eigenvalue weighted by Gasteiger charge is -2.09. The number of alkyl halides is 3. The van der Waals surface area contributed by atoms with E-state index in [2.05, 4.69) is 25.0 Å². The summed E-state index contributed by atoms with van der Waals surface area (Å²) < 4.78 is 60.9. The van der Waals surface area contributed by atoms with Crippen LogP contribution in [0, 0.1) is 12.7 Å². The first-order chi connectivity index (χ1) is 13.7. The lowest BCUT2D eigenvalue weighted by molar-refractivity contribution is -0.159. The van der Waals surface area contributed by atoms with E-state index < -0.39 is 29.8 Å². The summed E-state index contributed by atoms with van der Waals surface area (Å²) >= 11 is 0. The number of aryl methyl sites for hydroxylation is 1. The van der Waals surface area contributed by atoms with Gasteiger partial charge in [-0.1, -0.05) is 23.4 Å². The highest BCUT2D eigenvalue weighted by molar-refractivity contribution is 5.67. The summed E-state index contributed by atoms with van der Waals surface area (Å²) in [5, 5.41) is 5.58. The number of hydrogen-bond acceptors (Lipinski definition) is 6. The second-order valence-corrected chi connectivity index (χ2v) is 5.90. The molecule has 0 radical (unpaired) electrons. The monoisotopic (exact) mass is 410 g/mol. The first-order valence-electron chi connectivity index (χ1n) is 8.25. The van der Waals surface area contributed by atoms with Crippen molar-refractivity contribution in [3.05, 3.63) is 65.1 Å². The minimum atomic E-state index is -4.79. The van der Waals surface area contributed by atoms with Crippen LogP contribution in [0.15, 0.2) is 41.1 Å². The molecule has 2 heterocycles. The van der Waals surface area contributed by atoms with Crippen LogP contribution in [0.5, 0.6) is 0 Å². The molecule has 0 aliphatic carbocycles. The van der Waals surface area contributed by atoms with Crippen LogP contribution in [0.1, 0.15) is 22.7 Å². The molecule has 152 valence electrons. The van der Waals surface area contributed by atoms with Crippen molar-refractivity contribution in [2.24, 2.45) is 0 Å². The summed E-state index contributed by atoms with van der Waals surface area (Å²) in [6.45, 7) is 1.60. The van der Waals surface area contributed by atoms with Crippen LogP contribution in [-0.2, 0) is 24.1 Å². The molecule has 3 aromatic rings. The highest BCUT2D eigenvalue weighted by atomic mass is 19.4. The maximum Gasteiger partial charge on any atom is 0.471 e. The number of amides is 1. The predicted molar refractivity (Wildman–Crippen MR) is 90.7 cm³/mol. The molecule has 0 spiro atoms. The van der Waals surface area contributed by atoms with Crippen molar-refractivity contribution in [2.45, 2.75) is 26.3 Å². The molecule has 0 unspecified atom stereocenters. The van der Waals surface area contributed by atoms with Crippen molar-refractivity contribution in [3.8, 4) is 11.4 Å². The Balaban J connectivity index is 1.58. The first kappa shape index (κ1) is 20.2. The van der Waals surface area contributed by atoms with Gasteiger partial charge in [-0.25, -0.2) is 9.18 Å². The molecule has 0 saturated heterocycles. The maximum absolute atomic E-state index is 14.2. The van der Waals surface area contributed by atoms with Gasteiger partial charge in [-0.05, 0) is 19.1 Å². The van der Waals surface area contributed by atoms with Crippen LogP contribution in [0.3, 0.4) is 0 Å². The number of aromatic nitrogens is 3. The van der Waals surface area contributed by atoms with Crippen molar-refractivity contribution in [1.29, 1.82) is 0 Å². The zero-order valence-electron chi connectivity index (χ0n) is 15.0. The van der Waals surface area contributed by atoms with Crippen molar-refractivity contribution in [1.82, 2.24) is 20.4 Å². The summed E-state index contributed by atoms with van der Waals surface area (Å²) in [7, 11) is 0. The van der Waals surface area contributed by atoms with Gasteiger partial charge in [-0.15, -0.1) is 0 Å². The molecule has 7 nitrogen and oxygen atoms in total. The topological polar surface area (TPSA) is 90.1 Å². The Morgan fingerprint density at radius 2 is 2.03 bits per heavy atom. The average molecular weight is 410 g/mol. The molecule has 0 aliphatic rings. The number of ether oxygens (including phenoxy) is 1. The number of alkyl carbamates (subject to hydrolysis) is 1. The second-order valence-electron chi connectivity index (χ2n) is 5.90. The molecule has 1 N–H and O–H groups in total. The normalized spacial score (nSPS) is 11.3. The van der Waals surface area contributed by atoms with E-state index in [-0.39, 0.29) is 24.3 Å². The van der Waals surface area contributed by atoms with Crippen molar-refractivity contribution in [2.75, 3.05) is 0 Å². The molecule has 0 fully saturated rings. The van der Waals surface area contributed by atoms with Crippen LogP contribution in [0.2, 0.25) is 0 Å². The number of pyridine rings is 1. The van der Waals surface area contributed by atoms with Crippen LogP contribution in [0.4, 0.5) is 22.4 Å². The number of rotatable bonds is 5. The molecular weight excluding hydrogens is 396 g/mol. The molecule has 0 bridgehead atoms. The Bertz CT molecular complexity index is 1020. The number of carbonyl (C=O) groups excluding carboxylic acids is 1. The van der Waals surface area contributed by atoms with Crippen LogP contribution in [-0.4, -0.2) is 21.2 Å². The largest absolute Gasteiger partial charge is 0.471 e. The van der Waals surface area contributed by atoms with Gasteiger partial charge in [0.1, 0.15) is 12.4 Å². The van der Waals surface area contributed by atoms with E-state index in [1.165, 1.54) is 12.1 Å². The Hall–Kier alpha value is -3.50. The summed E-state index contributed by atoms with van der Waals surface area (Å²) in [5.74, 6) is -2.68. The van der Waals surface area contributed by atoms with Gasteiger partial charge in [-0.2, -0.15) is 18.2 Å². The molecule has 1 aromatic carbocycles. The molecule has 29 heavy (non-hydrogen) atoms. The fraction of sp³-hybridized carbons (Fsp3) is 0.222. The molecule has 0 saturated carbocycles. The SMILES string of the molecule is Cc1ncccc1COC(=O)NCc1ccc(-c2noc(C(F)(F)F)n2)cc1F. The standard InChI is InChI=1S/C18H14F4N4O3/c1-10-13(3-2-6-23-10)9-28-17(27)24-8-12-5-4-11(7-14(12)19)15-25-16(29-26-15)18(20,21)22/h2-7H,8-9H2,1H3,(H,24,27). The summed E-state index contributed by atoms with van der Waals surface area (Å²) in [4.78, 5) is 19.0. The minimum Gasteiger partial charge on any atom is -0.445 e. The van der Waals surface area contributed by atoms with E-state index in [0.29, 0.717) is 0 Å². The van der Waals surface area contributed by atoms with Crippen LogP contribution < -0.4 is 5.32 Å². The highest BCUT2D eigenvalue weighted by Crippen LogP contribution is 2.29. The molecule has 0 aliphatic heterocycles. The third kappa shape index (κ3) is 5.06. The molecule has 0 atom stereocenters. The Morgan fingerprint density at radius 1 is 1.24 bits per heavy atom. The number of nitrogens with one attached hydrogen (secondary N) is 1. The zero-order chi connectivity index (χ0) is 21.0. The van der Waals surface area contributed by atoms with E-state index >= 15 is 0 Å². The molecule has 11 heteroatoms. The van der Waals surface area contributed by atoms with E-state index in [1.54, 1.807) is 25.3 Å². The van der Waals surface area contributed by atoms with Crippen molar-refractivity contribution >= 4 is 6.09 Å². The molecule has 1 amide bonds. The fourth-order valence-corrected chi connectivity index (χ4v) is 2.32. The quantitative estimate of drug-likeness (QED) is 0.639. The van der Waals surface area contributed by atoms with E-state index in [9.17, 15) is 22.4 Å². The third-order valence-corrected chi connectivity index (χ3v) is 3.88. The highest BCUT2D eigenvalue weighted by Gasteiger charge is 2.38. The van der Waals surface area contributed by atoms with E-state index in [0.717, 1.165) is 17.3 Å². The predicted octanol–water partition coefficient (Wildman–Crippen LogP) is 4.02. The fourth-order valence-electron chi connectivity index (χ4n) is 2.32. The average Bonchev–Trinajstić information content (AvgIpc) is 3.17. The van der Waals surface area contributed by atoms with Gasteiger partial charge in [-0.3, -0.25) is 4.98 Å². The Morgan fingerprint density at radius 3 is 2.69 bits per heavy atom. The minimum absolute atomic E-state index is 0.000120. The Kier molecular flexibility index (Phi) is 5.76. The smallest absolute Gasteiger partial charge is 0.445 e. The van der Waals surface area contributed by atoms with Gasteiger partial charge in [0.15, 0.2) is 0 Å². The number of nitrogens with zero attached hydrogens (tertiary/aromatic N) is 3. The van der Waals surface area contributed by atoms with Gasteiger partial charge in [0, 0.05) is 35.1 Å². The summed E-state index contributed by atoms with van der Waals surface area (Å²) in [6, 6.07) is 7.03. The van der Waals surface area contributed by atoms with Crippen molar-refractivity contribution in [3.63, 3.8) is 0 Å². The third-order valence-electron chi connectivity index (χ3n) is 3.88. The van der Waals surface area contributed by atoms with E-state index in [4.69, 9.17) is 4.74 Å². The molecular formula is C18H14F4N4O3. The summed E-state index contributed by atoms with van der Waals surface area (Å²) in [5.41, 5.74) is 1.55. The summed E-state index contributed by atoms with van der Waals surface area (Å²) in [6.07, 6.45) is -3.93. The van der Waals surface area contributed by atoms with Gasteiger partial charge in [0.2, 0.25) is 5.82 Å². The van der Waals surface area contributed by atoms with Gasteiger partial charge >= 0.3 is 18.2 Å². The second kappa shape index (κ2) is 8.25. The molecule has 3 rings (SSSR count). The van der Waals surface area contributed by atoms with Crippen LogP contribution >= 0.6 is 0 Å². The zero-order valence-corrected chi connectivity index (χ0v) is 15.0. The Labute approximate surface area is 161 Å². The number of carbonyl (C=O) groups is 1. The van der Waals surface area contributed by atoms with Gasteiger partial charge in [0.05, 0.1) is 0 Å². The molecule has 2 aromatic heterocycles. The van der Waals surface area contributed by atoms with Gasteiger partial charge in [0.25, 0.3) is 0 Å². The lowest BCUT2D eigenvalue weighted by Crippen LogP contribution is -2.24.